The molecule has 2 rings (SSSR count). The van der Waals surface area contributed by atoms with Gasteiger partial charge in [-0.25, -0.2) is 0 Å². The highest BCUT2D eigenvalue weighted by Gasteiger charge is 2.13. The molecule has 0 radical (unpaired) electrons. The minimum absolute atomic E-state index is 0.467. The van der Waals surface area contributed by atoms with Crippen LogP contribution in [0.1, 0.15) is 36.9 Å². The molecule has 0 saturated carbocycles. The third-order valence-corrected chi connectivity index (χ3v) is 3.41. The Kier molecular flexibility index (Phi) is 4.74. The molecule has 0 aliphatic rings. The van der Waals surface area contributed by atoms with E-state index in [2.05, 4.69) is 22.9 Å². The summed E-state index contributed by atoms with van der Waals surface area (Å²) in [5.74, 6) is 0. The summed E-state index contributed by atoms with van der Waals surface area (Å²) < 4.78 is 0. The van der Waals surface area contributed by atoms with Gasteiger partial charge in [0.05, 0.1) is 18.3 Å². The molecular formula is C17H22N2O. The first-order valence-corrected chi connectivity index (χ1v) is 7.06. The Bertz CT molecular complexity index is 566. The van der Waals surface area contributed by atoms with Crippen molar-refractivity contribution < 1.29 is 5.11 Å². The highest BCUT2D eigenvalue weighted by molar-refractivity contribution is 5.54. The molecule has 106 valence electrons. The van der Waals surface area contributed by atoms with Crippen molar-refractivity contribution in [2.75, 3.05) is 11.4 Å². The Morgan fingerprint density at radius 3 is 2.55 bits per heavy atom. The molecule has 2 aromatic rings. The van der Waals surface area contributed by atoms with Crippen molar-refractivity contribution in [3.05, 3.63) is 59.4 Å². The van der Waals surface area contributed by atoms with Crippen molar-refractivity contribution in [2.45, 2.75) is 33.4 Å². The van der Waals surface area contributed by atoms with Crippen LogP contribution in [-0.2, 0) is 6.54 Å². The number of aryl methyl sites for hydroxylation is 1. The van der Waals surface area contributed by atoms with Gasteiger partial charge in [0.15, 0.2) is 0 Å². The maximum atomic E-state index is 9.92. The zero-order chi connectivity index (χ0) is 14.5. The van der Waals surface area contributed by atoms with Crippen molar-refractivity contribution in [1.29, 1.82) is 0 Å². The van der Waals surface area contributed by atoms with Gasteiger partial charge in [0.1, 0.15) is 0 Å². The molecule has 0 aliphatic carbocycles. The van der Waals surface area contributed by atoms with E-state index < -0.39 is 6.10 Å². The number of rotatable bonds is 5. The maximum absolute atomic E-state index is 9.92. The molecule has 1 aromatic carbocycles. The molecule has 1 aromatic heterocycles. The van der Waals surface area contributed by atoms with Gasteiger partial charge in [0.25, 0.3) is 0 Å². The van der Waals surface area contributed by atoms with Crippen molar-refractivity contribution >= 4 is 5.69 Å². The topological polar surface area (TPSA) is 36.4 Å². The first kappa shape index (κ1) is 14.5. The van der Waals surface area contributed by atoms with Gasteiger partial charge in [-0.15, -0.1) is 0 Å². The summed E-state index contributed by atoms with van der Waals surface area (Å²) in [6, 6.07) is 14.1. The Labute approximate surface area is 120 Å². The van der Waals surface area contributed by atoms with Crippen LogP contribution in [0.2, 0.25) is 0 Å². The van der Waals surface area contributed by atoms with Crippen LogP contribution in [0.3, 0.4) is 0 Å². The summed E-state index contributed by atoms with van der Waals surface area (Å²) >= 11 is 0. The summed E-state index contributed by atoms with van der Waals surface area (Å²) in [7, 11) is 0. The Morgan fingerprint density at radius 1 is 1.15 bits per heavy atom. The average Bonchev–Trinajstić information content (AvgIpc) is 2.45. The van der Waals surface area contributed by atoms with Gasteiger partial charge >= 0.3 is 0 Å². The summed E-state index contributed by atoms with van der Waals surface area (Å²) in [6.45, 7) is 7.55. The predicted octanol–water partition coefficient (Wildman–Crippen LogP) is 3.47. The fraction of sp³-hybridized carbons (Fsp3) is 0.353. The van der Waals surface area contributed by atoms with Crippen molar-refractivity contribution in [3.8, 4) is 0 Å². The molecular weight excluding hydrogens is 248 g/mol. The minimum Gasteiger partial charge on any atom is -0.389 e. The third-order valence-electron chi connectivity index (χ3n) is 3.41. The monoisotopic (exact) mass is 270 g/mol. The first-order valence-electron chi connectivity index (χ1n) is 7.06. The second-order valence-electron chi connectivity index (χ2n) is 5.02. The van der Waals surface area contributed by atoms with Gasteiger partial charge in [-0.1, -0.05) is 24.3 Å². The molecule has 1 heterocycles. The smallest absolute Gasteiger partial charge is 0.0781 e. The van der Waals surface area contributed by atoms with Crippen LogP contribution in [-0.4, -0.2) is 16.6 Å². The predicted molar refractivity (Wildman–Crippen MR) is 82.8 cm³/mol. The van der Waals surface area contributed by atoms with Crippen LogP contribution in [0.25, 0.3) is 0 Å². The molecule has 1 atom stereocenters. The van der Waals surface area contributed by atoms with E-state index in [9.17, 15) is 5.11 Å². The van der Waals surface area contributed by atoms with Crippen molar-refractivity contribution in [2.24, 2.45) is 0 Å². The van der Waals surface area contributed by atoms with E-state index in [0.717, 1.165) is 35.7 Å². The lowest BCUT2D eigenvalue weighted by molar-refractivity contribution is 0.199. The molecule has 0 spiro atoms. The van der Waals surface area contributed by atoms with Gasteiger partial charge in [0, 0.05) is 23.5 Å². The van der Waals surface area contributed by atoms with E-state index in [1.54, 1.807) is 6.92 Å². The van der Waals surface area contributed by atoms with Gasteiger partial charge in [0.2, 0.25) is 0 Å². The number of hydrogen-bond donors (Lipinski definition) is 1. The second-order valence-corrected chi connectivity index (χ2v) is 5.02. The summed E-state index contributed by atoms with van der Waals surface area (Å²) in [5, 5.41) is 9.92. The SMILES string of the molecule is CCN(Cc1cccc(C)n1)c1ccccc1C(C)O. The number of hydrogen-bond acceptors (Lipinski definition) is 3. The standard InChI is InChI=1S/C17H22N2O/c1-4-19(12-15-9-7-8-13(2)18-15)17-11-6-5-10-16(17)14(3)20/h5-11,14,20H,4,12H2,1-3H3. The number of pyridine rings is 1. The molecule has 3 heteroatoms. The molecule has 0 saturated heterocycles. The number of nitrogens with zero attached hydrogens (tertiary/aromatic N) is 2. The van der Waals surface area contributed by atoms with Crippen LogP contribution in [0.15, 0.2) is 42.5 Å². The Morgan fingerprint density at radius 2 is 1.90 bits per heavy atom. The number of aromatic nitrogens is 1. The van der Waals surface area contributed by atoms with Crippen LogP contribution in [0.5, 0.6) is 0 Å². The molecule has 20 heavy (non-hydrogen) atoms. The molecule has 0 aliphatic heterocycles. The number of aliphatic hydroxyl groups is 1. The van der Waals surface area contributed by atoms with E-state index >= 15 is 0 Å². The van der Waals surface area contributed by atoms with Crippen molar-refractivity contribution in [1.82, 2.24) is 4.98 Å². The van der Waals surface area contributed by atoms with Crippen LogP contribution in [0.4, 0.5) is 5.69 Å². The average molecular weight is 270 g/mol. The maximum Gasteiger partial charge on any atom is 0.0781 e. The van der Waals surface area contributed by atoms with Crippen LogP contribution >= 0.6 is 0 Å². The van der Waals surface area contributed by atoms with E-state index in [1.165, 1.54) is 0 Å². The number of anilines is 1. The second kappa shape index (κ2) is 6.53. The van der Waals surface area contributed by atoms with E-state index in [1.807, 2.05) is 43.3 Å². The van der Waals surface area contributed by atoms with Gasteiger partial charge < -0.3 is 10.0 Å². The van der Waals surface area contributed by atoms with Crippen molar-refractivity contribution in [3.63, 3.8) is 0 Å². The lowest BCUT2D eigenvalue weighted by Crippen LogP contribution is -2.24. The Balaban J connectivity index is 2.29. The Hall–Kier alpha value is -1.87. The van der Waals surface area contributed by atoms with Gasteiger partial charge in [-0.3, -0.25) is 4.98 Å². The quantitative estimate of drug-likeness (QED) is 0.903. The van der Waals surface area contributed by atoms with Gasteiger partial charge in [-0.2, -0.15) is 0 Å². The number of para-hydroxylation sites is 1. The fourth-order valence-corrected chi connectivity index (χ4v) is 2.38. The zero-order valence-corrected chi connectivity index (χ0v) is 12.4. The summed E-state index contributed by atoms with van der Waals surface area (Å²) in [6.07, 6.45) is -0.467. The lowest BCUT2D eigenvalue weighted by atomic mass is 10.1. The van der Waals surface area contributed by atoms with Crippen LogP contribution in [0, 0.1) is 6.92 Å². The largest absolute Gasteiger partial charge is 0.389 e. The third kappa shape index (κ3) is 3.36. The minimum atomic E-state index is -0.467. The number of benzene rings is 1. The lowest BCUT2D eigenvalue weighted by Gasteiger charge is -2.26. The molecule has 1 N–H and O–H groups in total. The molecule has 1 unspecified atom stereocenters. The normalized spacial score (nSPS) is 12.2. The van der Waals surface area contributed by atoms with Gasteiger partial charge in [-0.05, 0) is 39.0 Å². The van der Waals surface area contributed by atoms with E-state index in [0.29, 0.717) is 0 Å². The molecule has 3 nitrogen and oxygen atoms in total. The summed E-state index contributed by atoms with van der Waals surface area (Å²) in [5.41, 5.74) is 4.12. The molecule has 0 amide bonds. The number of aliphatic hydroxyl groups excluding tert-OH is 1. The highest BCUT2D eigenvalue weighted by atomic mass is 16.3. The van der Waals surface area contributed by atoms with Crippen LogP contribution < -0.4 is 4.90 Å². The summed E-state index contributed by atoms with van der Waals surface area (Å²) in [4.78, 5) is 6.80. The molecule has 0 bridgehead atoms. The zero-order valence-electron chi connectivity index (χ0n) is 12.4. The first-order chi connectivity index (χ1) is 9.61. The van der Waals surface area contributed by atoms with E-state index in [4.69, 9.17) is 0 Å². The molecule has 0 fully saturated rings. The fourth-order valence-electron chi connectivity index (χ4n) is 2.38. The highest BCUT2D eigenvalue weighted by Crippen LogP contribution is 2.27. The van der Waals surface area contributed by atoms with E-state index in [-0.39, 0.29) is 0 Å².